The molecule has 1 aliphatic heterocycles. The van der Waals surface area contributed by atoms with Crippen LogP contribution < -0.4 is 10.6 Å². The minimum absolute atomic E-state index is 0.0628. The fourth-order valence-electron chi connectivity index (χ4n) is 5.37. The molecule has 1 aliphatic carbocycles. The van der Waals surface area contributed by atoms with E-state index in [1.54, 1.807) is 6.07 Å². The van der Waals surface area contributed by atoms with Crippen LogP contribution in [0.25, 0.3) is 0 Å². The van der Waals surface area contributed by atoms with Crippen molar-refractivity contribution in [1.29, 1.82) is 5.26 Å². The molecular formula is C25H24Cl2F3N3O2. The fraction of sp³-hybridized carbons (Fsp3) is 0.440. The minimum Gasteiger partial charge on any atom is -0.372 e. The second-order valence-corrected chi connectivity index (χ2v) is 10.1. The predicted octanol–water partition coefficient (Wildman–Crippen LogP) is 5.76. The van der Waals surface area contributed by atoms with Crippen LogP contribution in [0.4, 0.5) is 18.9 Å². The molecule has 5 nitrogen and oxygen atoms in total. The average molecular weight is 526 g/mol. The molecule has 2 aromatic rings. The minimum atomic E-state index is -4.95. The number of hydrogen-bond acceptors (Lipinski definition) is 4. The van der Waals surface area contributed by atoms with Gasteiger partial charge in [-0.1, -0.05) is 43.1 Å². The molecule has 0 aromatic heterocycles. The molecule has 186 valence electrons. The van der Waals surface area contributed by atoms with Crippen LogP contribution in [0.2, 0.25) is 10.0 Å². The maximum atomic E-state index is 14.2. The Labute approximate surface area is 211 Å². The number of benzene rings is 2. The third-order valence-corrected chi connectivity index (χ3v) is 8.18. The Balaban J connectivity index is 1.92. The van der Waals surface area contributed by atoms with Crippen molar-refractivity contribution in [1.82, 2.24) is 0 Å². The summed E-state index contributed by atoms with van der Waals surface area (Å²) in [6, 6.07) is 6.96. The Morgan fingerprint density at radius 3 is 2.34 bits per heavy atom. The molecule has 0 radical (unpaired) electrons. The van der Waals surface area contributed by atoms with Gasteiger partial charge in [0.1, 0.15) is 0 Å². The van der Waals surface area contributed by atoms with E-state index in [1.165, 1.54) is 29.2 Å². The van der Waals surface area contributed by atoms with Gasteiger partial charge < -0.3 is 15.7 Å². The van der Waals surface area contributed by atoms with Crippen molar-refractivity contribution in [2.24, 2.45) is 11.7 Å². The van der Waals surface area contributed by atoms with Crippen LogP contribution in [-0.2, 0) is 16.6 Å². The lowest BCUT2D eigenvalue weighted by molar-refractivity contribution is -0.142. The first-order valence-electron chi connectivity index (χ1n) is 11.3. The van der Waals surface area contributed by atoms with Gasteiger partial charge in [0.15, 0.2) is 5.60 Å². The molecule has 1 saturated carbocycles. The maximum Gasteiger partial charge on any atom is 0.416 e. The van der Waals surface area contributed by atoms with Crippen LogP contribution in [0.3, 0.4) is 0 Å². The molecule has 1 amide bonds. The SMILES string of the molecule is CCC(N)(CC)C1CC(N2C(=O)C(O)(c3ccc(Cl)cc3Cl)c3c2cc(C#N)cc3C(F)(F)F)C1. The van der Waals surface area contributed by atoms with Crippen molar-refractivity contribution in [2.45, 2.75) is 62.9 Å². The third kappa shape index (κ3) is 3.89. The van der Waals surface area contributed by atoms with E-state index in [0.29, 0.717) is 31.7 Å². The summed E-state index contributed by atoms with van der Waals surface area (Å²) in [5.41, 5.74) is 0.835. The van der Waals surface area contributed by atoms with Gasteiger partial charge in [-0.3, -0.25) is 4.79 Å². The summed E-state index contributed by atoms with van der Waals surface area (Å²) >= 11 is 12.2. The maximum absolute atomic E-state index is 14.2. The van der Waals surface area contributed by atoms with E-state index in [4.69, 9.17) is 28.9 Å². The van der Waals surface area contributed by atoms with Crippen LogP contribution in [0.15, 0.2) is 30.3 Å². The Morgan fingerprint density at radius 2 is 1.83 bits per heavy atom. The number of aliphatic hydroxyl groups is 1. The van der Waals surface area contributed by atoms with Crippen LogP contribution in [0.5, 0.6) is 0 Å². The van der Waals surface area contributed by atoms with E-state index in [0.717, 1.165) is 0 Å². The molecule has 35 heavy (non-hydrogen) atoms. The summed E-state index contributed by atoms with van der Waals surface area (Å²) < 4.78 is 42.7. The summed E-state index contributed by atoms with van der Waals surface area (Å²) in [6.45, 7) is 3.95. The lowest BCUT2D eigenvalue weighted by Gasteiger charge is -2.49. The zero-order valence-electron chi connectivity index (χ0n) is 19.1. The number of fused-ring (bicyclic) bond motifs is 1. The van der Waals surface area contributed by atoms with Crippen LogP contribution in [0.1, 0.15) is 61.8 Å². The predicted molar refractivity (Wildman–Crippen MR) is 127 cm³/mol. The number of amides is 1. The lowest BCUT2D eigenvalue weighted by Crippen LogP contribution is -2.58. The van der Waals surface area contributed by atoms with E-state index in [2.05, 4.69) is 0 Å². The Kier molecular flexibility index (Phi) is 6.38. The first-order valence-corrected chi connectivity index (χ1v) is 12.0. The number of carbonyl (C=O) groups is 1. The number of hydrogen-bond donors (Lipinski definition) is 2. The van der Waals surface area contributed by atoms with E-state index >= 15 is 0 Å². The number of anilines is 1. The standard InChI is InChI=1S/C25H24Cl2F3N3O2/c1-3-23(32,4-2)14-9-16(10-14)33-20-8-13(12-31)7-18(25(28,29)30)21(20)24(35,22(33)34)17-6-5-15(26)11-19(17)27/h5-8,11,14,16,35H,3-4,9-10,32H2,1-2H3. The monoisotopic (exact) mass is 525 g/mol. The van der Waals surface area contributed by atoms with Gasteiger partial charge in [0, 0.05) is 32.8 Å². The second kappa shape index (κ2) is 8.67. The van der Waals surface area contributed by atoms with E-state index < -0.39 is 40.4 Å². The zero-order chi connectivity index (χ0) is 25.9. The summed E-state index contributed by atoms with van der Waals surface area (Å²) in [5.74, 6) is -0.885. The Hall–Kier alpha value is -2.31. The van der Waals surface area contributed by atoms with Crippen molar-refractivity contribution in [3.05, 3.63) is 62.6 Å². The van der Waals surface area contributed by atoms with Gasteiger partial charge in [-0.05, 0) is 55.9 Å². The highest BCUT2D eigenvalue weighted by atomic mass is 35.5. The van der Waals surface area contributed by atoms with E-state index in [9.17, 15) is 28.3 Å². The molecular weight excluding hydrogens is 502 g/mol. The number of halogens is 5. The molecule has 0 spiro atoms. The number of nitriles is 1. The Morgan fingerprint density at radius 1 is 1.20 bits per heavy atom. The summed E-state index contributed by atoms with van der Waals surface area (Å²) in [6.07, 6.45) is -2.59. The van der Waals surface area contributed by atoms with E-state index in [1.807, 2.05) is 13.8 Å². The van der Waals surface area contributed by atoms with Crippen molar-refractivity contribution in [3.63, 3.8) is 0 Å². The molecule has 1 heterocycles. The van der Waals surface area contributed by atoms with Gasteiger partial charge >= 0.3 is 6.18 Å². The first-order chi connectivity index (χ1) is 16.3. The summed E-state index contributed by atoms with van der Waals surface area (Å²) in [7, 11) is 0. The third-order valence-electron chi connectivity index (χ3n) is 7.63. The van der Waals surface area contributed by atoms with Gasteiger partial charge in [-0.2, -0.15) is 18.4 Å². The van der Waals surface area contributed by atoms with Gasteiger partial charge in [0.05, 0.1) is 22.9 Å². The molecule has 2 aromatic carbocycles. The fourth-order valence-corrected chi connectivity index (χ4v) is 5.91. The molecule has 0 bridgehead atoms. The normalized spacial score (nSPS) is 24.2. The summed E-state index contributed by atoms with van der Waals surface area (Å²) in [4.78, 5) is 15.0. The molecule has 2 aliphatic rings. The average Bonchev–Trinajstić information content (AvgIpc) is 2.99. The van der Waals surface area contributed by atoms with Crippen LogP contribution >= 0.6 is 23.2 Å². The topological polar surface area (TPSA) is 90.3 Å². The van der Waals surface area contributed by atoms with Crippen molar-refractivity contribution >= 4 is 34.8 Å². The van der Waals surface area contributed by atoms with Gasteiger partial charge in [-0.25, -0.2) is 0 Å². The number of rotatable bonds is 5. The van der Waals surface area contributed by atoms with Crippen LogP contribution in [0, 0.1) is 17.2 Å². The zero-order valence-corrected chi connectivity index (χ0v) is 20.6. The van der Waals surface area contributed by atoms with Crippen molar-refractivity contribution < 1.29 is 23.1 Å². The highest BCUT2D eigenvalue weighted by Crippen LogP contribution is 2.55. The van der Waals surface area contributed by atoms with Gasteiger partial charge in [0.25, 0.3) is 5.91 Å². The molecule has 1 unspecified atom stereocenters. The van der Waals surface area contributed by atoms with Gasteiger partial charge in [0.2, 0.25) is 0 Å². The molecule has 10 heteroatoms. The molecule has 4 rings (SSSR count). The lowest BCUT2D eigenvalue weighted by atomic mass is 9.65. The molecule has 3 N–H and O–H groups in total. The largest absolute Gasteiger partial charge is 0.416 e. The quantitative estimate of drug-likeness (QED) is 0.518. The number of carbonyl (C=O) groups excluding carboxylic acids is 1. The molecule has 0 saturated heterocycles. The van der Waals surface area contributed by atoms with Gasteiger partial charge in [-0.15, -0.1) is 0 Å². The first kappa shape index (κ1) is 25.8. The number of alkyl halides is 3. The smallest absolute Gasteiger partial charge is 0.372 e. The molecule has 1 atom stereocenters. The second-order valence-electron chi connectivity index (χ2n) is 9.30. The van der Waals surface area contributed by atoms with Crippen LogP contribution in [-0.4, -0.2) is 22.6 Å². The van der Waals surface area contributed by atoms with E-state index in [-0.39, 0.29) is 32.8 Å². The number of nitrogens with zero attached hydrogens (tertiary/aromatic N) is 2. The Bertz CT molecular complexity index is 1230. The highest BCUT2D eigenvalue weighted by Gasteiger charge is 2.59. The molecule has 1 fully saturated rings. The van der Waals surface area contributed by atoms with Crippen molar-refractivity contribution in [3.8, 4) is 6.07 Å². The summed E-state index contributed by atoms with van der Waals surface area (Å²) in [5, 5.41) is 21.3. The highest BCUT2D eigenvalue weighted by molar-refractivity contribution is 6.35. The number of nitrogens with two attached hydrogens (primary N) is 1. The van der Waals surface area contributed by atoms with Crippen molar-refractivity contribution in [2.75, 3.05) is 4.90 Å².